The maximum atomic E-state index is 12.8. The van der Waals surface area contributed by atoms with Gasteiger partial charge in [0.15, 0.2) is 5.78 Å². The van der Waals surface area contributed by atoms with Gasteiger partial charge in [0.1, 0.15) is 5.03 Å². The molecular weight excluding hydrogens is 382 g/mol. The molecular formula is C23H23N3O2S. The molecule has 2 heterocycles. The maximum absolute atomic E-state index is 12.8. The fourth-order valence-corrected chi connectivity index (χ4v) is 4.63. The van der Waals surface area contributed by atoms with Gasteiger partial charge in [-0.3, -0.25) is 14.3 Å². The Morgan fingerprint density at radius 2 is 1.79 bits per heavy atom. The van der Waals surface area contributed by atoms with Crippen LogP contribution in [-0.2, 0) is 19.4 Å². The van der Waals surface area contributed by atoms with Crippen LogP contribution < -0.4 is 5.69 Å². The summed E-state index contributed by atoms with van der Waals surface area (Å²) in [5.74, 6) is 0.346. The third-order valence-electron chi connectivity index (χ3n) is 5.25. The van der Waals surface area contributed by atoms with Crippen molar-refractivity contribution in [2.45, 2.75) is 44.2 Å². The highest BCUT2D eigenvalue weighted by Crippen LogP contribution is 2.29. The Kier molecular flexibility index (Phi) is 5.90. The number of aryl methyl sites for hydroxylation is 1. The van der Waals surface area contributed by atoms with Crippen LogP contribution in [-0.4, -0.2) is 26.1 Å². The van der Waals surface area contributed by atoms with E-state index < -0.39 is 0 Å². The molecule has 0 bridgehead atoms. The number of aromatic nitrogens is 3. The molecule has 148 valence electrons. The predicted molar refractivity (Wildman–Crippen MR) is 115 cm³/mol. The lowest BCUT2D eigenvalue weighted by molar-refractivity contribution is 0.102. The molecule has 0 N–H and O–H groups in total. The van der Waals surface area contributed by atoms with Crippen molar-refractivity contribution >= 4 is 17.5 Å². The van der Waals surface area contributed by atoms with E-state index in [1.807, 2.05) is 43.3 Å². The summed E-state index contributed by atoms with van der Waals surface area (Å²) < 4.78 is 1.79. The SMILES string of the molecule is Cc1ccc(C(=O)CSc2nc(=O)n(Cc3ccncc3)c3c2CCCC3)cc1. The largest absolute Gasteiger partial charge is 0.349 e. The molecule has 4 rings (SSSR count). The van der Waals surface area contributed by atoms with Gasteiger partial charge in [-0.1, -0.05) is 41.6 Å². The molecule has 3 aromatic rings. The lowest BCUT2D eigenvalue weighted by Gasteiger charge is -2.22. The molecule has 0 saturated heterocycles. The van der Waals surface area contributed by atoms with Gasteiger partial charge >= 0.3 is 5.69 Å². The van der Waals surface area contributed by atoms with Crippen molar-refractivity contribution < 1.29 is 4.79 Å². The monoisotopic (exact) mass is 405 g/mol. The molecule has 0 unspecified atom stereocenters. The zero-order chi connectivity index (χ0) is 20.2. The Morgan fingerprint density at radius 1 is 1.07 bits per heavy atom. The van der Waals surface area contributed by atoms with Gasteiger partial charge in [0.2, 0.25) is 0 Å². The first-order valence-corrected chi connectivity index (χ1v) is 10.8. The van der Waals surface area contributed by atoms with Crippen molar-refractivity contribution in [2.24, 2.45) is 0 Å². The van der Waals surface area contributed by atoms with E-state index in [1.54, 1.807) is 17.0 Å². The number of fused-ring (bicyclic) bond motifs is 1. The van der Waals surface area contributed by atoms with E-state index in [4.69, 9.17) is 0 Å². The normalized spacial score (nSPS) is 13.1. The van der Waals surface area contributed by atoms with Crippen molar-refractivity contribution in [3.05, 3.63) is 87.2 Å². The van der Waals surface area contributed by atoms with E-state index in [-0.39, 0.29) is 17.2 Å². The van der Waals surface area contributed by atoms with Gasteiger partial charge in [-0.15, -0.1) is 0 Å². The van der Waals surface area contributed by atoms with Crippen LogP contribution in [0.4, 0.5) is 0 Å². The lowest BCUT2D eigenvalue weighted by atomic mass is 9.97. The van der Waals surface area contributed by atoms with Gasteiger partial charge < -0.3 is 0 Å². The second-order valence-electron chi connectivity index (χ2n) is 7.35. The molecule has 0 fully saturated rings. The average molecular weight is 406 g/mol. The molecule has 6 heteroatoms. The van der Waals surface area contributed by atoms with Crippen LogP contribution in [0.5, 0.6) is 0 Å². The molecule has 0 saturated carbocycles. The summed E-state index contributed by atoms with van der Waals surface area (Å²) in [6.45, 7) is 2.50. The van der Waals surface area contributed by atoms with Gasteiger partial charge in [0, 0.05) is 29.2 Å². The second-order valence-corrected chi connectivity index (χ2v) is 8.32. The first-order chi connectivity index (χ1) is 14.1. The van der Waals surface area contributed by atoms with E-state index >= 15 is 0 Å². The van der Waals surface area contributed by atoms with E-state index in [1.165, 1.54) is 11.8 Å². The van der Waals surface area contributed by atoms with Crippen LogP contribution in [0.3, 0.4) is 0 Å². The van der Waals surface area contributed by atoms with Gasteiger partial charge in [0.05, 0.1) is 12.3 Å². The molecule has 29 heavy (non-hydrogen) atoms. The molecule has 0 atom stereocenters. The third kappa shape index (κ3) is 4.48. The number of ketones is 1. The predicted octanol–water partition coefficient (Wildman–Crippen LogP) is 3.85. The first kappa shape index (κ1) is 19.6. The fourth-order valence-electron chi connectivity index (χ4n) is 3.66. The van der Waals surface area contributed by atoms with Gasteiger partial charge in [0.25, 0.3) is 0 Å². The highest BCUT2D eigenvalue weighted by atomic mass is 32.2. The van der Waals surface area contributed by atoms with Crippen molar-refractivity contribution in [3.8, 4) is 0 Å². The Bertz CT molecular complexity index is 1080. The van der Waals surface area contributed by atoms with E-state index in [0.717, 1.165) is 53.1 Å². The van der Waals surface area contributed by atoms with Crippen molar-refractivity contribution in [3.63, 3.8) is 0 Å². The Morgan fingerprint density at radius 3 is 2.55 bits per heavy atom. The summed E-state index contributed by atoms with van der Waals surface area (Å²) in [6.07, 6.45) is 7.40. The molecule has 2 aromatic heterocycles. The lowest BCUT2D eigenvalue weighted by Crippen LogP contribution is -2.30. The average Bonchev–Trinajstić information content (AvgIpc) is 2.75. The van der Waals surface area contributed by atoms with Crippen LogP contribution in [0.2, 0.25) is 0 Å². The minimum Gasteiger partial charge on any atom is -0.293 e. The Labute approximate surface area is 174 Å². The topological polar surface area (TPSA) is 64.8 Å². The number of nitrogens with zero attached hydrogens (tertiary/aromatic N) is 3. The summed E-state index contributed by atoms with van der Waals surface area (Å²) in [6, 6.07) is 11.4. The number of carbonyl (C=O) groups excluding carboxylic acids is 1. The number of carbonyl (C=O) groups is 1. The number of thioether (sulfide) groups is 1. The quantitative estimate of drug-likeness (QED) is 0.354. The number of pyridine rings is 1. The molecule has 0 spiro atoms. The second kappa shape index (κ2) is 8.74. The molecule has 5 nitrogen and oxygen atoms in total. The number of benzene rings is 1. The Hall–Kier alpha value is -2.73. The van der Waals surface area contributed by atoms with Crippen LogP contribution in [0.25, 0.3) is 0 Å². The van der Waals surface area contributed by atoms with Crippen molar-refractivity contribution in [2.75, 3.05) is 5.75 Å². The van der Waals surface area contributed by atoms with Gasteiger partial charge in [-0.25, -0.2) is 4.79 Å². The van der Waals surface area contributed by atoms with E-state index in [9.17, 15) is 9.59 Å². The van der Waals surface area contributed by atoms with Gasteiger partial charge in [-0.2, -0.15) is 4.98 Å². The fraction of sp³-hybridized carbons (Fsp3) is 0.304. The van der Waals surface area contributed by atoms with Crippen LogP contribution in [0.15, 0.2) is 58.6 Å². The smallest absolute Gasteiger partial charge is 0.293 e. The standard InChI is InChI=1S/C23H23N3O2S/c1-16-6-8-18(9-7-16)21(27)15-29-22-19-4-2-3-5-20(19)26(23(28)25-22)14-17-10-12-24-13-11-17/h6-13H,2-5,14-15H2,1H3. The minimum absolute atomic E-state index is 0.0577. The highest BCUT2D eigenvalue weighted by molar-refractivity contribution is 8.00. The summed E-state index contributed by atoms with van der Waals surface area (Å²) in [5.41, 5.74) is 4.81. The highest BCUT2D eigenvalue weighted by Gasteiger charge is 2.21. The van der Waals surface area contributed by atoms with E-state index in [2.05, 4.69) is 9.97 Å². The molecule has 0 radical (unpaired) electrons. The number of hydrogen-bond donors (Lipinski definition) is 0. The summed E-state index contributed by atoms with van der Waals surface area (Å²) >= 11 is 1.39. The van der Waals surface area contributed by atoms with Crippen LogP contribution >= 0.6 is 11.8 Å². The number of hydrogen-bond acceptors (Lipinski definition) is 5. The minimum atomic E-state index is -0.243. The summed E-state index contributed by atoms with van der Waals surface area (Å²) in [4.78, 5) is 33.8. The zero-order valence-electron chi connectivity index (χ0n) is 16.4. The van der Waals surface area contributed by atoms with E-state index in [0.29, 0.717) is 12.1 Å². The molecule has 1 aliphatic carbocycles. The first-order valence-electron chi connectivity index (χ1n) is 9.86. The number of Topliss-reactive ketones (excluding diaryl/α,β-unsaturated/α-hetero) is 1. The number of rotatable bonds is 6. The Balaban J connectivity index is 1.59. The maximum Gasteiger partial charge on any atom is 0.349 e. The molecule has 0 aliphatic heterocycles. The molecule has 1 aliphatic rings. The summed E-state index contributed by atoms with van der Waals surface area (Å²) in [5, 5.41) is 0.719. The van der Waals surface area contributed by atoms with Crippen molar-refractivity contribution in [1.29, 1.82) is 0 Å². The molecule has 1 aromatic carbocycles. The van der Waals surface area contributed by atoms with Crippen LogP contribution in [0, 0.1) is 6.92 Å². The van der Waals surface area contributed by atoms with Crippen LogP contribution in [0.1, 0.15) is 45.6 Å². The third-order valence-corrected chi connectivity index (χ3v) is 6.27. The summed E-state index contributed by atoms with van der Waals surface area (Å²) in [7, 11) is 0. The van der Waals surface area contributed by atoms with Crippen molar-refractivity contribution in [1.82, 2.24) is 14.5 Å². The van der Waals surface area contributed by atoms with Gasteiger partial charge in [-0.05, 0) is 50.3 Å². The molecule has 0 amide bonds. The zero-order valence-corrected chi connectivity index (χ0v) is 17.2.